The monoisotopic (exact) mass is 429 g/mol. The van der Waals surface area contributed by atoms with Crippen LogP contribution in [-0.2, 0) is 6.54 Å². The zero-order valence-electron chi connectivity index (χ0n) is 15.0. The highest BCUT2D eigenvalue weighted by molar-refractivity contribution is 7.16. The van der Waals surface area contributed by atoms with Crippen LogP contribution in [0, 0.1) is 30.3 Å². The first-order chi connectivity index (χ1) is 14.2. The largest absolute Gasteiger partial charge is 0.312 e. The number of hydrogen-bond acceptors (Lipinski definition) is 8. The summed E-state index contributed by atoms with van der Waals surface area (Å²) in [6.45, 7) is 3.80. The van der Waals surface area contributed by atoms with Crippen molar-refractivity contribution >= 4 is 44.5 Å². The number of allylic oxidation sites excluding steroid dienone is 1. The summed E-state index contributed by atoms with van der Waals surface area (Å²) in [6.07, 6.45) is 1.51. The molecule has 3 aromatic rings. The number of hydrogen-bond donors (Lipinski definition) is 0. The third kappa shape index (κ3) is 3.95. The highest BCUT2D eigenvalue weighted by atomic mass is 32.1. The van der Waals surface area contributed by atoms with Gasteiger partial charge in [-0.1, -0.05) is 17.4 Å². The molecule has 0 fully saturated rings. The summed E-state index contributed by atoms with van der Waals surface area (Å²) in [4.78, 5) is 47.6. The predicted octanol–water partition coefficient (Wildman–Crippen LogP) is 3.35. The fourth-order valence-electron chi connectivity index (χ4n) is 2.64. The van der Waals surface area contributed by atoms with E-state index >= 15 is 0 Å². The Morgan fingerprint density at radius 2 is 1.60 bits per heavy atom. The molecule has 3 rings (SSSR count). The Kier molecular flexibility index (Phi) is 5.46. The summed E-state index contributed by atoms with van der Waals surface area (Å²) in [7, 11) is 0. The topological polar surface area (TPSA) is 164 Å². The van der Waals surface area contributed by atoms with Gasteiger partial charge in [-0.05, 0) is 6.07 Å². The normalized spacial score (nSPS) is 11.4. The van der Waals surface area contributed by atoms with E-state index in [9.17, 15) is 35.1 Å². The Morgan fingerprint density at radius 1 is 1.00 bits per heavy atom. The maximum Gasteiger partial charge on any atom is 0.280 e. The number of thiazole rings is 1. The number of carbonyl (C=O) groups is 1. The number of rotatable bonds is 6. The quantitative estimate of drug-likeness (QED) is 0.329. The number of nitrogens with zero attached hydrogens (tertiary/aromatic N) is 5. The lowest BCUT2D eigenvalue weighted by Crippen LogP contribution is -2.16. The van der Waals surface area contributed by atoms with Crippen molar-refractivity contribution in [3.63, 3.8) is 0 Å². The van der Waals surface area contributed by atoms with Gasteiger partial charge in [0.05, 0.1) is 36.6 Å². The fourth-order valence-corrected chi connectivity index (χ4v) is 3.66. The van der Waals surface area contributed by atoms with Crippen molar-refractivity contribution in [1.29, 1.82) is 0 Å². The van der Waals surface area contributed by atoms with E-state index in [0.29, 0.717) is 10.2 Å². The van der Waals surface area contributed by atoms with Gasteiger partial charge in [0.2, 0.25) is 0 Å². The molecule has 0 unspecified atom stereocenters. The molecule has 1 heterocycles. The fraction of sp³-hybridized carbons (Fsp3) is 0.0588. The minimum absolute atomic E-state index is 0.148. The molecule has 0 aliphatic heterocycles. The van der Waals surface area contributed by atoms with Gasteiger partial charge in [0.25, 0.3) is 23.0 Å². The van der Waals surface area contributed by atoms with Crippen LogP contribution in [0.5, 0.6) is 0 Å². The molecule has 0 aliphatic rings. The lowest BCUT2D eigenvalue weighted by molar-refractivity contribution is -0.394. The zero-order chi connectivity index (χ0) is 22.0. The molecule has 2 aromatic carbocycles. The molecule has 0 aliphatic carbocycles. The van der Waals surface area contributed by atoms with Crippen LogP contribution in [0.15, 0.2) is 54.0 Å². The molecular weight excluding hydrogens is 418 g/mol. The van der Waals surface area contributed by atoms with Crippen molar-refractivity contribution in [3.05, 3.63) is 89.8 Å². The number of carbonyl (C=O) groups excluding carboxylic acids is 1. The Labute approximate surface area is 170 Å². The molecule has 152 valence electrons. The number of fused-ring (bicyclic) bond motifs is 1. The summed E-state index contributed by atoms with van der Waals surface area (Å²) in [6, 6.07) is 6.69. The molecule has 0 bridgehead atoms. The molecule has 0 saturated carbocycles. The first-order valence-corrected chi connectivity index (χ1v) is 8.94. The second-order valence-electron chi connectivity index (χ2n) is 5.86. The van der Waals surface area contributed by atoms with E-state index in [-0.39, 0.29) is 22.6 Å². The van der Waals surface area contributed by atoms with E-state index in [1.807, 2.05) is 0 Å². The second kappa shape index (κ2) is 8.00. The lowest BCUT2D eigenvalue weighted by atomic mass is 10.1. The molecule has 13 heteroatoms. The van der Waals surface area contributed by atoms with Crippen LogP contribution in [0.3, 0.4) is 0 Å². The summed E-state index contributed by atoms with van der Waals surface area (Å²) < 4.78 is 2.13. The number of nitro benzene ring substituents is 3. The van der Waals surface area contributed by atoms with Gasteiger partial charge in [-0.3, -0.25) is 35.1 Å². The van der Waals surface area contributed by atoms with Crippen molar-refractivity contribution in [2.45, 2.75) is 6.54 Å². The molecule has 0 N–H and O–H groups in total. The van der Waals surface area contributed by atoms with Crippen LogP contribution >= 0.6 is 11.3 Å². The van der Waals surface area contributed by atoms with Gasteiger partial charge in [-0.15, -0.1) is 6.58 Å². The first kappa shape index (κ1) is 20.5. The Bertz CT molecular complexity index is 1280. The van der Waals surface area contributed by atoms with Crippen LogP contribution < -0.4 is 4.80 Å². The van der Waals surface area contributed by atoms with Gasteiger partial charge in [0.15, 0.2) is 4.80 Å². The molecule has 12 nitrogen and oxygen atoms in total. The summed E-state index contributed by atoms with van der Waals surface area (Å²) >= 11 is 1.07. The minimum Gasteiger partial charge on any atom is -0.312 e. The van der Waals surface area contributed by atoms with Crippen molar-refractivity contribution in [2.24, 2.45) is 4.99 Å². The number of aromatic nitrogens is 1. The zero-order valence-corrected chi connectivity index (χ0v) is 15.8. The van der Waals surface area contributed by atoms with E-state index in [1.54, 1.807) is 0 Å². The SMILES string of the molecule is C=CCn1c(=NC(=O)c2cc([N+](=O)[O-])cc([N+](=O)[O-])c2)sc2ccc([N+](=O)[O-])cc21. The maximum absolute atomic E-state index is 12.6. The van der Waals surface area contributed by atoms with Gasteiger partial charge in [-0.25, -0.2) is 0 Å². The van der Waals surface area contributed by atoms with Gasteiger partial charge in [-0.2, -0.15) is 4.99 Å². The van der Waals surface area contributed by atoms with Crippen LogP contribution in [0.2, 0.25) is 0 Å². The number of amides is 1. The molecule has 0 saturated heterocycles. The summed E-state index contributed by atoms with van der Waals surface area (Å²) in [5, 5.41) is 33.1. The third-order valence-corrected chi connectivity index (χ3v) is 5.02. The second-order valence-corrected chi connectivity index (χ2v) is 6.87. The van der Waals surface area contributed by atoms with E-state index < -0.39 is 32.1 Å². The van der Waals surface area contributed by atoms with Gasteiger partial charge in [0.1, 0.15) is 0 Å². The van der Waals surface area contributed by atoms with Crippen LogP contribution in [0.4, 0.5) is 17.1 Å². The van der Waals surface area contributed by atoms with Crippen LogP contribution in [0.1, 0.15) is 10.4 Å². The van der Waals surface area contributed by atoms with E-state index in [4.69, 9.17) is 0 Å². The van der Waals surface area contributed by atoms with E-state index in [2.05, 4.69) is 11.6 Å². The molecule has 0 spiro atoms. The van der Waals surface area contributed by atoms with E-state index in [0.717, 1.165) is 29.5 Å². The number of benzene rings is 2. The molecule has 0 atom stereocenters. The van der Waals surface area contributed by atoms with Crippen molar-refractivity contribution in [3.8, 4) is 0 Å². The predicted molar refractivity (Wildman–Crippen MR) is 106 cm³/mol. The molecular formula is C17H11N5O7S. The van der Waals surface area contributed by atoms with Gasteiger partial charge >= 0.3 is 0 Å². The summed E-state index contributed by atoms with van der Waals surface area (Å²) in [5.74, 6) is -0.930. The lowest BCUT2D eigenvalue weighted by Gasteiger charge is -2.01. The van der Waals surface area contributed by atoms with Crippen LogP contribution in [0.25, 0.3) is 10.2 Å². The Morgan fingerprint density at radius 3 is 2.13 bits per heavy atom. The Hall–Kier alpha value is -4.26. The smallest absolute Gasteiger partial charge is 0.280 e. The molecule has 0 radical (unpaired) electrons. The molecule has 1 aromatic heterocycles. The van der Waals surface area contributed by atoms with Gasteiger partial charge in [0, 0.05) is 30.8 Å². The van der Waals surface area contributed by atoms with Crippen LogP contribution in [-0.4, -0.2) is 25.2 Å². The Balaban J connectivity index is 2.19. The van der Waals surface area contributed by atoms with Crippen molar-refractivity contribution < 1.29 is 19.6 Å². The van der Waals surface area contributed by atoms with Gasteiger partial charge < -0.3 is 4.57 Å². The highest BCUT2D eigenvalue weighted by Gasteiger charge is 2.20. The first-order valence-electron chi connectivity index (χ1n) is 8.13. The average molecular weight is 429 g/mol. The molecule has 30 heavy (non-hydrogen) atoms. The maximum atomic E-state index is 12.6. The number of non-ortho nitro benzene ring substituents is 3. The highest BCUT2D eigenvalue weighted by Crippen LogP contribution is 2.25. The van der Waals surface area contributed by atoms with Crippen molar-refractivity contribution in [2.75, 3.05) is 0 Å². The number of nitro groups is 3. The standard InChI is InChI=1S/C17H11N5O7S/c1-2-5-19-14-9-11(20(24)25)3-4-15(14)30-17(19)18-16(23)10-6-12(21(26)27)8-13(7-10)22(28)29/h2-4,6-9H,1,5H2. The minimum atomic E-state index is -0.930. The summed E-state index contributed by atoms with van der Waals surface area (Å²) in [5.41, 5.74) is -1.26. The third-order valence-electron chi connectivity index (χ3n) is 3.96. The molecule has 1 amide bonds. The average Bonchev–Trinajstić information content (AvgIpc) is 3.04. The van der Waals surface area contributed by atoms with Crippen molar-refractivity contribution in [1.82, 2.24) is 4.57 Å². The van der Waals surface area contributed by atoms with E-state index in [1.165, 1.54) is 28.8 Å².